The Kier molecular flexibility index (Phi) is 15.5. The summed E-state index contributed by atoms with van der Waals surface area (Å²) in [6, 6.07) is 142. The van der Waals surface area contributed by atoms with E-state index in [0.29, 0.717) is 11.6 Å². The van der Waals surface area contributed by atoms with E-state index in [4.69, 9.17) is 25.3 Å². The lowest BCUT2D eigenvalue weighted by Crippen LogP contribution is -2.32. The second kappa shape index (κ2) is 26.5. The van der Waals surface area contributed by atoms with E-state index in [0.717, 1.165) is 106 Å². The van der Waals surface area contributed by atoms with Crippen molar-refractivity contribution in [2.24, 2.45) is 0 Å². The third-order valence-electron chi connectivity index (χ3n) is 23.1. The SMILES string of the molecule is c1ccc(-c2nnc(-c3ccccc3)c(-c3ccc(-c4cccc(-c5ccc6c(c5)C5(c7ccccc7S6)c6ccccc6-c6cc(-c7cc(-c8ccc(-c9nnc(-c%10ccccc%10)c(-c%10ccccc%10)n9)cc8)cc(-c8cccc9c8C8(c%10ccccc%10S9)c9ccccc9-c9ccccc98)c7)ccc65)c4)cc3)n2)cc1. The van der Waals surface area contributed by atoms with Gasteiger partial charge in [0.1, 0.15) is 22.8 Å². The number of rotatable bonds is 11. The van der Waals surface area contributed by atoms with Crippen LogP contribution >= 0.6 is 23.5 Å². The van der Waals surface area contributed by atoms with Gasteiger partial charge >= 0.3 is 0 Å². The molecule has 522 valence electrons. The zero-order valence-corrected chi connectivity index (χ0v) is 62.1. The molecule has 2 aromatic heterocycles. The highest BCUT2D eigenvalue weighted by Crippen LogP contribution is 2.66. The summed E-state index contributed by atoms with van der Waals surface area (Å²) in [6.45, 7) is 0. The maximum atomic E-state index is 5.30. The Hall–Kier alpha value is -13.8. The summed E-state index contributed by atoms with van der Waals surface area (Å²) in [4.78, 5) is 15.5. The van der Waals surface area contributed by atoms with Gasteiger partial charge in [-0.2, -0.15) is 0 Å². The van der Waals surface area contributed by atoms with E-state index in [1.165, 1.54) is 91.9 Å². The zero-order valence-electron chi connectivity index (χ0n) is 60.5. The minimum Gasteiger partial charge on any atom is -0.224 e. The summed E-state index contributed by atoms with van der Waals surface area (Å²) in [5.41, 5.74) is 34.1. The Morgan fingerprint density at radius 2 is 0.500 bits per heavy atom. The minimum atomic E-state index is -0.642. The molecule has 18 aromatic rings. The molecule has 0 saturated heterocycles. The molecule has 2 aliphatic heterocycles. The van der Waals surface area contributed by atoms with E-state index < -0.39 is 10.8 Å². The molecule has 0 radical (unpaired) electrons. The first-order valence-electron chi connectivity index (χ1n) is 38.0. The number of benzene rings is 16. The van der Waals surface area contributed by atoms with Gasteiger partial charge in [-0.15, -0.1) is 20.4 Å². The maximum Gasteiger partial charge on any atom is 0.182 e. The largest absolute Gasteiger partial charge is 0.224 e. The van der Waals surface area contributed by atoms with E-state index in [-0.39, 0.29) is 0 Å². The number of hydrogen-bond donors (Lipinski definition) is 0. The zero-order chi connectivity index (χ0) is 73.9. The third kappa shape index (κ3) is 10.4. The highest BCUT2D eigenvalue weighted by Gasteiger charge is 2.53. The van der Waals surface area contributed by atoms with E-state index in [9.17, 15) is 0 Å². The van der Waals surface area contributed by atoms with Gasteiger partial charge in [-0.3, -0.25) is 0 Å². The molecule has 0 amide bonds. The van der Waals surface area contributed by atoms with Crippen molar-refractivity contribution in [2.45, 2.75) is 30.4 Å². The van der Waals surface area contributed by atoms with Crippen molar-refractivity contribution in [3.63, 3.8) is 0 Å². The lowest BCUT2D eigenvalue weighted by atomic mass is 9.65. The second-order valence-electron chi connectivity index (χ2n) is 29.1. The smallest absolute Gasteiger partial charge is 0.182 e. The molecule has 6 nitrogen and oxygen atoms in total. The van der Waals surface area contributed by atoms with E-state index in [1.54, 1.807) is 0 Å². The molecule has 0 N–H and O–H groups in total. The van der Waals surface area contributed by atoms with Gasteiger partial charge < -0.3 is 0 Å². The summed E-state index contributed by atoms with van der Waals surface area (Å²) in [5.74, 6) is 1.15. The Labute approximate surface area is 658 Å². The van der Waals surface area contributed by atoms with Crippen LogP contribution < -0.4 is 0 Å². The Morgan fingerprint density at radius 1 is 0.170 bits per heavy atom. The summed E-state index contributed by atoms with van der Waals surface area (Å²) in [7, 11) is 0. The van der Waals surface area contributed by atoms with Crippen molar-refractivity contribution < 1.29 is 0 Å². The highest BCUT2D eigenvalue weighted by atomic mass is 32.2. The van der Waals surface area contributed by atoms with Crippen molar-refractivity contribution in [3.05, 3.63) is 433 Å². The van der Waals surface area contributed by atoms with Crippen molar-refractivity contribution in [1.29, 1.82) is 0 Å². The van der Waals surface area contributed by atoms with Gasteiger partial charge in [-0.05, 0) is 183 Å². The standard InChI is InChI=1S/C104H64N6S2/c1-5-25-67(26-6-1)97-99(68-27-7-2-8-28-68)107-110-102(105-97)72-53-49-66(50-54-72)77-60-78(62-79(61-77)80-38-24-46-95-96(80)104(90-43-20-22-45-93(90)112-95)86-40-17-13-35-81(86)82-36-14-18-41-87(82)104)75-55-57-88-84(63-75)83-37-15-16-39-85(83)103(88)89-42-19-21-44-92(89)111-94-58-56-76(64-91(94)103)74-34-23-33-73(59-74)65-47-51-70(52-48-65)98-100(69-29-9-3-10-30-69)108-109-101(106-98)71-31-11-4-12-32-71/h1-64H. The third-order valence-corrected chi connectivity index (χ3v) is 25.4. The van der Waals surface area contributed by atoms with Crippen molar-refractivity contribution in [3.8, 4) is 146 Å². The van der Waals surface area contributed by atoms with Crippen LogP contribution in [0.2, 0.25) is 0 Å². The monoisotopic (exact) mass is 1460 g/mol. The molecule has 8 heteroatoms. The molecule has 4 aliphatic rings. The van der Waals surface area contributed by atoms with Crippen LogP contribution in [0, 0.1) is 0 Å². The quantitative estimate of drug-likeness (QED) is 0.127. The number of hydrogen-bond acceptors (Lipinski definition) is 8. The average molecular weight is 1460 g/mol. The van der Waals surface area contributed by atoms with Crippen molar-refractivity contribution >= 4 is 23.5 Å². The van der Waals surface area contributed by atoms with Crippen LogP contribution in [0.25, 0.3) is 146 Å². The van der Waals surface area contributed by atoms with Gasteiger partial charge in [0.2, 0.25) is 0 Å². The number of fused-ring (bicyclic) bond motifs is 18. The van der Waals surface area contributed by atoms with Crippen LogP contribution in [0.1, 0.15) is 44.5 Å². The van der Waals surface area contributed by atoms with Gasteiger partial charge in [-0.1, -0.05) is 351 Å². The summed E-state index contributed by atoms with van der Waals surface area (Å²) in [6.07, 6.45) is 0. The molecule has 2 aliphatic carbocycles. The summed E-state index contributed by atoms with van der Waals surface area (Å²) >= 11 is 3.76. The highest BCUT2D eigenvalue weighted by molar-refractivity contribution is 7.99. The molecular weight excluding hydrogens is 1400 g/mol. The molecule has 1 atom stereocenters. The van der Waals surface area contributed by atoms with E-state index in [1.807, 2.05) is 108 Å². The molecule has 2 spiro atoms. The van der Waals surface area contributed by atoms with Gasteiger partial charge in [0.15, 0.2) is 11.6 Å². The predicted molar refractivity (Wildman–Crippen MR) is 456 cm³/mol. The normalized spacial score (nSPS) is 14.1. The topological polar surface area (TPSA) is 77.3 Å². The molecule has 0 saturated carbocycles. The second-order valence-corrected chi connectivity index (χ2v) is 31.3. The van der Waals surface area contributed by atoms with Gasteiger partial charge in [0, 0.05) is 53.0 Å². The van der Waals surface area contributed by atoms with E-state index in [2.05, 4.69) is 308 Å². The summed E-state index contributed by atoms with van der Waals surface area (Å²) < 4.78 is 0. The lowest BCUT2D eigenvalue weighted by Gasteiger charge is -2.41. The number of aromatic nitrogens is 6. The number of nitrogens with zero attached hydrogens (tertiary/aromatic N) is 6. The van der Waals surface area contributed by atoms with Crippen LogP contribution in [0.4, 0.5) is 0 Å². The molecule has 22 rings (SSSR count). The molecule has 16 aromatic carbocycles. The maximum absolute atomic E-state index is 5.30. The first kappa shape index (κ1) is 65.3. The minimum absolute atomic E-state index is 0.562. The fraction of sp³-hybridized carbons (Fsp3) is 0.0192. The van der Waals surface area contributed by atoms with E-state index >= 15 is 0 Å². The van der Waals surface area contributed by atoms with Crippen molar-refractivity contribution in [1.82, 2.24) is 30.4 Å². The molecule has 4 heterocycles. The van der Waals surface area contributed by atoms with Crippen LogP contribution in [0.3, 0.4) is 0 Å². The first-order valence-corrected chi connectivity index (χ1v) is 39.6. The van der Waals surface area contributed by atoms with Crippen LogP contribution in [0.5, 0.6) is 0 Å². The Morgan fingerprint density at radius 3 is 1.09 bits per heavy atom. The van der Waals surface area contributed by atoms with Crippen LogP contribution in [-0.4, -0.2) is 30.4 Å². The molecular formula is C104H64N6S2. The first-order chi connectivity index (χ1) is 55.5. The molecule has 0 fully saturated rings. The Bertz CT molecular complexity index is 6760. The van der Waals surface area contributed by atoms with Gasteiger partial charge in [0.25, 0.3) is 0 Å². The van der Waals surface area contributed by atoms with Crippen LogP contribution in [0.15, 0.2) is 408 Å². The van der Waals surface area contributed by atoms with Gasteiger partial charge in [0.05, 0.1) is 10.8 Å². The Balaban J connectivity index is 0.686. The predicted octanol–water partition coefficient (Wildman–Crippen LogP) is 26.0. The lowest BCUT2D eigenvalue weighted by molar-refractivity contribution is 0.723. The van der Waals surface area contributed by atoms with Crippen LogP contribution in [-0.2, 0) is 10.8 Å². The molecule has 112 heavy (non-hydrogen) atoms. The average Bonchev–Trinajstić information content (AvgIpc) is 1.48. The molecule has 1 unspecified atom stereocenters. The fourth-order valence-electron chi connectivity index (χ4n) is 18.1. The fourth-order valence-corrected chi connectivity index (χ4v) is 20.5. The van der Waals surface area contributed by atoms with Crippen molar-refractivity contribution in [2.75, 3.05) is 0 Å². The van der Waals surface area contributed by atoms with Gasteiger partial charge in [-0.25, -0.2) is 9.97 Å². The summed E-state index contributed by atoms with van der Waals surface area (Å²) in [5, 5.41) is 19.2. The molecule has 0 bridgehead atoms.